The van der Waals surface area contributed by atoms with Crippen molar-refractivity contribution in [2.24, 2.45) is 0 Å². The Morgan fingerprint density at radius 2 is 1.83 bits per heavy atom. The van der Waals surface area contributed by atoms with Crippen LogP contribution in [0.4, 0.5) is 0 Å². The topological polar surface area (TPSA) is 120 Å². The van der Waals surface area contributed by atoms with Crippen LogP contribution in [0, 0.1) is 11.3 Å². The van der Waals surface area contributed by atoms with Crippen molar-refractivity contribution in [3.63, 3.8) is 0 Å². The highest BCUT2D eigenvalue weighted by Gasteiger charge is 2.10. The molecule has 0 aliphatic heterocycles. The van der Waals surface area contributed by atoms with Gasteiger partial charge in [0.25, 0.3) is 0 Å². The van der Waals surface area contributed by atoms with Crippen molar-refractivity contribution in [3.8, 4) is 17.6 Å². The molecule has 0 aliphatic carbocycles. The van der Waals surface area contributed by atoms with Crippen molar-refractivity contribution in [1.82, 2.24) is 5.32 Å². The van der Waals surface area contributed by atoms with E-state index in [0.29, 0.717) is 40.7 Å². The monoisotopic (exact) mass is 428 g/mol. The fourth-order valence-electron chi connectivity index (χ4n) is 2.30. The van der Waals surface area contributed by atoms with Gasteiger partial charge in [-0.05, 0) is 42.8 Å². The zero-order valence-electron chi connectivity index (χ0n) is 16.3. The Morgan fingerprint density at radius 1 is 1.17 bits per heavy atom. The number of allylic oxidation sites excluding steroid dienone is 1. The number of rotatable bonds is 8. The molecule has 0 saturated carbocycles. The van der Waals surface area contributed by atoms with Gasteiger partial charge in [0.05, 0.1) is 5.56 Å². The number of hydrogen-bond donors (Lipinski definition) is 3. The Morgan fingerprint density at radius 3 is 2.37 bits per heavy atom. The van der Waals surface area contributed by atoms with Gasteiger partial charge in [-0.1, -0.05) is 29.8 Å². The van der Waals surface area contributed by atoms with Crippen molar-refractivity contribution in [2.75, 3.05) is 7.05 Å². The maximum Gasteiger partial charge on any atom is 0.328 e. The Hall–Kier alpha value is -3.60. The largest absolute Gasteiger partial charge is 0.478 e. The number of carboxylic acid groups (broad SMARTS) is 2. The van der Waals surface area contributed by atoms with E-state index in [2.05, 4.69) is 24.0 Å². The number of hydrogen-bond acceptors (Lipinski definition) is 5. The zero-order valence-corrected chi connectivity index (χ0v) is 17.0. The summed E-state index contributed by atoms with van der Waals surface area (Å²) in [7, 11) is 1.91. The summed E-state index contributed by atoms with van der Waals surface area (Å²) in [5, 5.41) is 28.5. The lowest BCUT2D eigenvalue weighted by molar-refractivity contribution is -0.134. The van der Waals surface area contributed by atoms with Gasteiger partial charge in [-0.2, -0.15) is 5.26 Å². The average molecular weight is 429 g/mol. The summed E-state index contributed by atoms with van der Waals surface area (Å²) >= 11 is 5.99. The molecule has 3 N–H and O–H groups in total. The van der Waals surface area contributed by atoms with Gasteiger partial charge < -0.3 is 20.3 Å². The molecule has 0 bridgehead atoms. The lowest BCUT2D eigenvalue weighted by atomic mass is 10.1. The van der Waals surface area contributed by atoms with Crippen LogP contribution in [0.15, 0.2) is 61.2 Å². The van der Waals surface area contributed by atoms with Crippen LogP contribution in [0.25, 0.3) is 0 Å². The molecule has 0 atom stereocenters. The first-order valence-corrected chi connectivity index (χ1v) is 9.07. The summed E-state index contributed by atoms with van der Waals surface area (Å²) in [6.45, 7) is 4.57. The molecule has 2 aromatic rings. The third kappa shape index (κ3) is 8.61. The van der Waals surface area contributed by atoms with Crippen LogP contribution in [0.1, 0.15) is 16.7 Å². The van der Waals surface area contributed by atoms with E-state index in [-0.39, 0.29) is 0 Å². The summed E-state index contributed by atoms with van der Waals surface area (Å²) < 4.78 is 5.92. The van der Waals surface area contributed by atoms with Crippen LogP contribution in [-0.4, -0.2) is 29.2 Å². The average Bonchev–Trinajstić information content (AvgIpc) is 2.69. The number of nitrogens with one attached hydrogen (secondary N) is 1. The normalized spacial score (nSPS) is 9.90. The molecule has 0 heterocycles. The van der Waals surface area contributed by atoms with Crippen molar-refractivity contribution in [1.29, 1.82) is 5.26 Å². The number of halogens is 1. The quantitative estimate of drug-likeness (QED) is 0.426. The van der Waals surface area contributed by atoms with Gasteiger partial charge in [0.15, 0.2) is 0 Å². The molecule has 8 heteroatoms. The highest BCUT2D eigenvalue weighted by Crippen LogP contribution is 2.31. The smallest absolute Gasteiger partial charge is 0.328 e. The minimum atomic E-state index is -1.26. The molecular formula is C22H21ClN2O5. The molecule has 7 nitrogen and oxygen atoms in total. The van der Waals surface area contributed by atoms with Gasteiger partial charge in [0.2, 0.25) is 0 Å². The molecule has 0 unspecified atom stereocenters. The van der Waals surface area contributed by atoms with Gasteiger partial charge in [-0.3, -0.25) is 0 Å². The van der Waals surface area contributed by atoms with E-state index < -0.39 is 11.9 Å². The molecule has 0 aliphatic rings. The number of aliphatic carboxylic acids is 2. The van der Waals surface area contributed by atoms with E-state index in [1.54, 1.807) is 18.2 Å². The number of carboxylic acids is 2. The number of nitriles is 1. The lowest BCUT2D eigenvalue weighted by Crippen LogP contribution is -2.05. The predicted molar refractivity (Wildman–Crippen MR) is 114 cm³/mol. The van der Waals surface area contributed by atoms with E-state index in [9.17, 15) is 14.9 Å². The summed E-state index contributed by atoms with van der Waals surface area (Å²) in [6, 6.07) is 13.1. The first-order valence-electron chi connectivity index (χ1n) is 8.69. The first kappa shape index (κ1) is 24.4. The number of benzene rings is 2. The predicted octanol–water partition coefficient (Wildman–Crippen LogP) is 4.16. The van der Waals surface area contributed by atoms with Crippen LogP contribution in [0.5, 0.6) is 11.5 Å². The highest BCUT2D eigenvalue weighted by atomic mass is 35.5. The van der Waals surface area contributed by atoms with Crippen LogP contribution < -0.4 is 10.1 Å². The Balaban J connectivity index is 0.000000479. The van der Waals surface area contributed by atoms with E-state index in [4.69, 9.17) is 26.6 Å². The van der Waals surface area contributed by atoms with Crippen LogP contribution in [0.3, 0.4) is 0 Å². The number of ether oxygens (including phenoxy) is 1. The second kappa shape index (κ2) is 12.8. The Labute approximate surface area is 179 Å². The maximum atomic E-state index is 9.55. The number of carbonyl (C=O) groups is 2. The molecule has 0 amide bonds. The Kier molecular flexibility index (Phi) is 10.4. The van der Waals surface area contributed by atoms with E-state index in [1.165, 1.54) is 5.56 Å². The van der Waals surface area contributed by atoms with E-state index in [0.717, 1.165) is 12.1 Å². The standard InChI is InChI=1S/C18H17ClN2O.C4H4O4/c1-3-4-14-9-13(12-21-2)5-8-17(14)22-18-10-16(19)7-6-15(18)11-20;5-3(6)1-2-4(7)8/h3,5-10,21H,1,4,12H2,2H3;1-2H,(H,5,6)(H,7,8)/b;2-1+. The highest BCUT2D eigenvalue weighted by molar-refractivity contribution is 6.30. The first-order chi connectivity index (χ1) is 14.3. The summed E-state index contributed by atoms with van der Waals surface area (Å²) in [4.78, 5) is 19.1. The molecule has 2 rings (SSSR count). The SMILES string of the molecule is C=CCc1cc(CNC)ccc1Oc1cc(Cl)ccc1C#N.O=C(O)/C=C/C(=O)O. The van der Waals surface area contributed by atoms with Crippen molar-refractivity contribution in [2.45, 2.75) is 13.0 Å². The minimum absolute atomic E-state index is 0.452. The third-order valence-electron chi connectivity index (χ3n) is 3.52. The van der Waals surface area contributed by atoms with Crippen molar-refractivity contribution in [3.05, 3.63) is 82.9 Å². The van der Waals surface area contributed by atoms with Crippen molar-refractivity contribution < 1.29 is 24.5 Å². The minimum Gasteiger partial charge on any atom is -0.478 e. The molecule has 2 aromatic carbocycles. The molecule has 30 heavy (non-hydrogen) atoms. The maximum absolute atomic E-state index is 9.55. The van der Waals surface area contributed by atoms with Gasteiger partial charge in [-0.15, -0.1) is 6.58 Å². The second-order valence-electron chi connectivity index (χ2n) is 5.83. The fourth-order valence-corrected chi connectivity index (χ4v) is 2.46. The number of nitrogens with zero attached hydrogens (tertiary/aromatic N) is 1. The van der Waals surface area contributed by atoms with E-state index in [1.807, 2.05) is 25.3 Å². The van der Waals surface area contributed by atoms with Gasteiger partial charge in [0, 0.05) is 29.8 Å². The third-order valence-corrected chi connectivity index (χ3v) is 3.76. The fraction of sp³-hybridized carbons (Fsp3) is 0.136. The van der Waals surface area contributed by atoms with Crippen LogP contribution in [-0.2, 0) is 22.6 Å². The lowest BCUT2D eigenvalue weighted by Gasteiger charge is -2.13. The molecule has 156 valence electrons. The van der Waals surface area contributed by atoms with Crippen LogP contribution in [0.2, 0.25) is 5.02 Å². The van der Waals surface area contributed by atoms with Crippen molar-refractivity contribution >= 4 is 23.5 Å². The molecular weight excluding hydrogens is 408 g/mol. The molecule has 0 aromatic heterocycles. The molecule has 0 spiro atoms. The summed E-state index contributed by atoms with van der Waals surface area (Å²) in [5.74, 6) is -1.35. The zero-order chi connectivity index (χ0) is 22.5. The molecule has 0 saturated heterocycles. The molecule has 0 fully saturated rings. The second-order valence-corrected chi connectivity index (χ2v) is 6.27. The van der Waals surface area contributed by atoms with E-state index >= 15 is 0 Å². The van der Waals surface area contributed by atoms with Gasteiger partial charge in [-0.25, -0.2) is 9.59 Å². The summed E-state index contributed by atoms with van der Waals surface area (Å²) in [6.07, 6.45) is 3.63. The van der Waals surface area contributed by atoms with Crippen LogP contribution >= 0.6 is 11.6 Å². The summed E-state index contributed by atoms with van der Waals surface area (Å²) in [5.41, 5.74) is 2.64. The van der Waals surface area contributed by atoms with Gasteiger partial charge >= 0.3 is 11.9 Å². The Bertz CT molecular complexity index is 964. The molecule has 0 radical (unpaired) electrons. The van der Waals surface area contributed by atoms with Gasteiger partial charge in [0.1, 0.15) is 17.6 Å².